The predicted octanol–water partition coefficient (Wildman–Crippen LogP) is 4.13. The van der Waals surface area contributed by atoms with Crippen LogP contribution in [0.1, 0.15) is 37.0 Å². The number of rotatable bonds is 3. The topological polar surface area (TPSA) is 98.3 Å². The van der Waals surface area contributed by atoms with Crippen molar-refractivity contribution in [3.05, 3.63) is 58.0 Å². The van der Waals surface area contributed by atoms with E-state index < -0.39 is 22.8 Å². The van der Waals surface area contributed by atoms with Crippen LogP contribution in [-0.4, -0.2) is 38.0 Å². The average Bonchev–Trinajstić information content (AvgIpc) is 3.41. The summed E-state index contributed by atoms with van der Waals surface area (Å²) in [5, 5.41) is 11.8. The van der Waals surface area contributed by atoms with Gasteiger partial charge in [0.05, 0.1) is 17.6 Å². The number of aromatic nitrogens is 5. The summed E-state index contributed by atoms with van der Waals surface area (Å²) in [6, 6.07) is 8.00. The molecule has 1 atom stereocenters. The van der Waals surface area contributed by atoms with E-state index in [1.807, 2.05) is 6.92 Å². The Morgan fingerprint density at radius 3 is 2.58 bits per heavy atom. The number of H-pyrrole nitrogens is 1. The maximum absolute atomic E-state index is 13.8. The zero-order valence-corrected chi connectivity index (χ0v) is 17.9. The molecule has 0 aliphatic carbocycles. The highest BCUT2D eigenvalue weighted by Crippen LogP contribution is 2.38. The molecule has 11 heteroatoms. The van der Waals surface area contributed by atoms with E-state index in [2.05, 4.69) is 20.3 Å². The van der Waals surface area contributed by atoms with Gasteiger partial charge in [0.25, 0.3) is 11.4 Å². The van der Waals surface area contributed by atoms with Gasteiger partial charge in [-0.3, -0.25) is 4.79 Å². The van der Waals surface area contributed by atoms with Gasteiger partial charge in [-0.1, -0.05) is 30.3 Å². The maximum Gasteiger partial charge on any atom is 0.435 e. The fourth-order valence-electron chi connectivity index (χ4n) is 4.19. The summed E-state index contributed by atoms with van der Waals surface area (Å²) in [6.07, 6.45) is -3.16. The van der Waals surface area contributed by atoms with Crippen molar-refractivity contribution in [3.63, 3.8) is 0 Å². The van der Waals surface area contributed by atoms with Crippen LogP contribution in [0.2, 0.25) is 0 Å². The lowest BCUT2D eigenvalue weighted by Crippen LogP contribution is -2.33. The second-order valence-electron chi connectivity index (χ2n) is 8.41. The van der Waals surface area contributed by atoms with E-state index in [1.165, 1.54) is 12.1 Å². The summed E-state index contributed by atoms with van der Waals surface area (Å²) >= 11 is 0. The van der Waals surface area contributed by atoms with Gasteiger partial charge in [0.15, 0.2) is 5.69 Å². The molecule has 0 amide bonds. The van der Waals surface area contributed by atoms with Gasteiger partial charge in [0, 0.05) is 12.3 Å². The summed E-state index contributed by atoms with van der Waals surface area (Å²) in [6.45, 7) is 4.55. The van der Waals surface area contributed by atoms with Crippen molar-refractivity contribution in [1.82, 2.24) is 24.8 Å². The van der Waals surface area contributed by atoms with E-state index in [4.69, 9.17) is 9.15 Å². The maximum atomic E-state index is 13.8. The van der Waals surface area contributed by atoms with Crippen LogP contribution in [0.3, 0.4) is 0 Å². The van der Waals surface area contributed by atoms with Crippen LogP contribution >= 0.6 is 0 Å². The Bertz CT molecular complexity index is 1380. The fraction of sp³-hybridized carbons (Fsp3) is 0.364. The summed E-state index contributed by atoms with van der Waals surface area (Å²) in [7, 11) is 0. The molecule has 0 saturated carbocycles. The minimum absolute atomic E-state index is 0.0302. The molecule has 33 heavy (non-hydrogen) atoms. The van der Waals surface area contributed by atoms with Crippen molar-refractivity contribution >= 4 is 5.65 Å². The number of fused-ring (bicyclic) bond motifs is 1. The highest BCUT2D eigenvalue weighted by Gasteiger charge is 2.40. The number of hydrogen-bond donors (Lipinski definition) is 1. The molecule has 3 aromatic heterocycles. The standard InChI is InChI=1S/C22H20F3N5O3/c1-12-14(18-27-28-20(33-18)21(2)9-6-10-32-11-21)19(31)30-17(26-12)15(13-7-4-3-5-8-13)16(29-30)22(23,24)25/h3-5,7-8,26H,6,9-11H2,1-2H3. The van der Waals surface area contributed by atoms with Crippen molar-refractivity contribution in [2.75, 3.05) is 13.2 Å². The Morgan fingerprint density at radius 2 is 1.91 bits per heavy atom. The molecule has 1 saturated heterocycles. The summed E-state index contributed by atoms with van der Waals surface area (Å²) < 4.78 is 53.6. The van der Waals surface area contributed by atoms with Gasteiger partial charge in [-0.25, -0.2) is 0 Å². The monoisotopic (exact) mass is 459 g/mol. The molecule has 4 heterocycles. The molecule has 1 aliphatic rings. The zero-order chi connectivity index (χ0) is 23.4. The third-order valence-corrected chi connectivity index (χ3v) is 5.90. The molecule has 1 unspecified atom stereocenters. The summed E-state index contributed by atoms with van der Waals surface area (Å²) in [5.74, 6) is 0.236. The van der Waals surface area contributed by atoms with Crippen LogP contribution in [0.15, 0.2) is 39.5 Å². The number of halogens is 3. The molecular weight excluding hydrogens is 439 g/mol. The molecule has 1 aliphatic heterocycles. The van der Waals surface area contributed by atoms with Gasteiger partial charge >= 0.3 is 6.18 Å². The van der Waals surface area contributed by atoms with E-state index in [0.717, 1.165) is 12.8 Å². The third-order valence-electron chi connectivity index (χ3n) is 5.90. The SMILES string of the molecule is Cc1[nH]c2c(-c3ccccc3)c(C(F)(F)F)nn2c(=O)c1-c1nnc(C2(C)CCCOC2)o1. The molecule has 5 rings (SSSR count). The largest absolute Gasteiger partial charge is 0.435 e. The fourth-order valence-corrected chi connectivity index (χ4v) is 4.19. The lowest BCUT2D eigenvalue weighted by molar-refractivity contribution is -0.140. The Balaban J connectivity index is 1.70. The zero-order valence-electron chi connectivity index (χ0n) is 17.9. The van der Waals surface area contributed by atoms with Crippen LogP contribution in [0, 0.1) is 6.92 Å². The third kappa shape index (κ3) is 3.52. The van der Waals surface area contributed by atoms with Gasteiger partial charge in [-0.15, -0.1) is 10.2 Å². The minimum Gasteiger partial charge on any atom is -0.420 e. The van der Waals surface area contributed by atoms with Crippen LogP contribution in [0.5, 0.6) is 0 Å². The molecule has 4 aromatic rings. The second-order valence-corrected chi connectivity index (χ2v) is 8.41. The highest BCUT2D eigenvalue weighted by molar-refractivity contribution is 5.81. The van der Waals surface area contributed by atoms with Crippen LogP contribution in [-0.2, 0) is 16.3 Å². The number of benzene rings is 1. The van der Waals surface area contributed by atoms with Crippen molar-refractivity contribution in [1.29, 1.82) is 0 Å². The van der Waals surface area contributed by atoms with Gasteiger partial charge in [0.2, 0.25) is 5.89 Å². The normalized spacial score (nSPS) is 19.3. The number of ether oxygens (including phenoxy) is 1. The molecule has 8 nitrogen and oxygen atoms in total. The first kappa shape index (κ1) is 21.4. The van der Waals surface area contributed by atoms with Crippen LogP contribution in [0.4, 0.5) is 13.2 Å². The minimum atomic E-state index is -4.77. The second kappa shape index (κ2) is 7.55. The van der Waals surface area contributed by atoms with Gasteiger partial charge in [-0.2, -0.15) is 22.8 Å². The molecule has 172 valence electrons. The number of aryl methyl sites for hydroxylation is 1. The lowest BCUT2D eigenvalue weighted by atomic mass is 9.85. The van der Waals surface area contributed by atoms with Crippen molar-refractivity contribution < 1.29 is 22.3 Å². The predicted molar refractivity (Wildman–Crippen MR) is 112 cm³/mol. The lowest BCUT2D eigenvalue weighted by Gasteiger charge is -2.29. The van der Waals surface area contributed by atoms with Gasteiger partial charge in [0.1, 0.15) is 11.2 Å². The number of nitrogens with zero attached hydrogens (tertiary/aromatic N) is 4. The van der Waals surface area contributed by atoms with Gasteiger partial charge < -0.3 is 14.1 Å². The quantitative estimate of drug-likeness (QED) is 0.495. The van der Waals surface area contributed by atoms with Crippen molar-refractivity contribution in [2.24, 2.45) is 0 Å². The molecule has 0 spiro atoms. The smallest absolute Gasteiger partial charge is 0.420 e. The van der Waals surface area contributed by atoms with Crippen LogP contribution < -0.4 is 5.56 Å². The molecular formula is C22H20F3N5O3. The molecule has 1 fully saturated rings. The molecule has 0 radical (unpaired) electrons. The van der Waals surface area contributed by atoms with E-state index in [1.54, 1.807) is 25.1 Å². The first-order chi connectivity index (χ1) is 15.7. The number of nitrogens with one attached hydrogen (secondary N) is 1. The van der Waals surface area contributed by atoms with E-state index in [9.17, 15) is 18.0 Å². The Morgan fingerprint density at radius 1 is 1.15 bits per heavy atom. The first-order valence-electron chi connectivity index (χ1n) is 10.4. The van der Waals surface area contributed by atoms with Crippen molar-refractivity contribution in [2.45, 2.75) is 38.3 Å². The molecule has 1 aromatic carbocycles. The van der Waals surface area contributed by atoms with Crippen molar-refractivity contribution in [3.8, 4) is 22.6 Å². The first-order valence-corrected chi connectivity index (χ1v) is 10.4. The number of alkyl halides is 3. The average molecular weight is 459 g/mol. The highest BCUT2D eigenvalue weighted by atomic mass is 19.4. The Kier molecular flexibility index (Phi) is 4.89. The van der Waals surface area contributed by atoms with Crippen LogP contribution in [0.25, 0.3) is 28.2 Å². The summed E-state index contributed by atoms with van der Waals surface area (Å²) in [4.78, 5) is 16.2. The number of aromatic amines is 1. The molecule has 0 bridgehead atoms. The number of hydrogen-bond acceptors (Lipinski definition) is 6. The molecule has 1 N–H and O–H groups in total. The van der Waals surface area contributed by atoms with E-state index in [-0.39, 0.29) is 28.2 Å². The van der Waals surface area contributed by atoms with Gasteiger partial charge in [-0.05, 0) is 32.3 Å². The Hall–Kier alpha value is -3.47. The Labute approximate surface area is 185 Å². The summed E-state index contributed by atoms with van der Waals surface area (Å²) in [5.41, 5.74) is -2.15. The van der Waals surface area contributed by atoms with E-state index in [0.29, 0.717) is 29.3 Å². The van der Waals surface area contributed by atoms with E-state index >= 15 is 0 Å².